The summed E-state index contributed by atoms with van der Waals surface area (Å²) in [6, 6.07) is 3.82. The molecule has 0 saturated carbocycles. The fourth-order valence-electron chi connectivity index (χ4n) is 2.03. The van der Waals surface area contributed by atoms with Gasteiger partial charge in [0.05, 0.1) is 16.1 Å². The van der Waals surface area contributed by atoms with Crippen molar-refractivity contribution in [1.82, 2.24) is 5.32 Å². The number of benzene rings is 1. The summed E-state index contributed by atoms with van der Waals surface area (Å²) in [4.78, 5) is 25.4. The van der Waals surface area contributed by atoms with Gasteiger partial charge in [0.1, 0.15) is 6.04 Å². The largest absolute Gasteiger partial charge is 0.343 e. The quantitative estimate of drug-likeness (QED) is 0.873. The number of amides is 2. The van der Waals surface area contributed by atoms with E-state index in [1.165, 1.54) is 0 Å². The molecule has 1 aliphatic rings. The van der Waals surface area contributed by atoms with Gasteiger partial charge < -0.3 is 16.0 Å². The number of nitrogens with two attached hydrogens (primary N) is 1. The number of hydrogen-bond acceptors (Lipinski definition) is 3. The first-order chi connectivity index (χ1) is 9.40. The lowest BCUT2D eigenvalue weighted by Gasteiger charge is -2.18. The molecule has 2 amide bonds. The Morgan fingerprint density at radius 1 is 1.43 bits per heavy atom. The highest BCUT2D eigenvalue weighted by Gasteiger charge is 2.34. The van der Waals surface area contributed by atoms with Crippen LogP contribution >= 0.6 is 35.6 Å². The molecule has 3 N–H and O–H groups in total. The van der Waals surface area contributed by atoms with Crippen LogP contribution < -0.4 is 16.0 Å². The average molecular weight is 353 g/mol. The molecule has 0 aromatic heterocycles. The van der Waals surface area contributed by atoms with Crippen LogP contribution in [0.5, 0.6) is 0 Å². The van der Waals surface area contributed by atoms with E-state index in [9.17, 15) is 9.59 Å². The van der Waals surface area contributed by atoms with Crippen LogP contribution in [0.4, 0.5) is 5.69 Å². The van der Waals surface area contributed by atoms with Crippen LogP contribution in [0, 0.1) is 0 Å². The lowest BCUT2D eigenvalue weighted by Crippen LogP contribution is -2.47. The smallest absolute Gasteiger partial charge is 0.249 e. The molecule has 0 bridgehead atoms. The Labute approximate surface area is 139 Å². The van der Waals surface area contributed by atoms with E-state index < -0.39 is 12.1 Å². The van der Waals surface area contributed by atoms with E-state index in [-0.39, 0.29) is 24.2 Å². The third-order valence-corrected chi connectivity index (χ3v) is 3.89. The van der Waals surface area contributed by atoms with Crippen LogP contribution in [0.2, 0.25) is 10.0 Å². The van der Waals surface area contributed by atoms with Gasteiger partial charge in [0.2, 0.25) is 11.8 Å². The van der Waals surface area contributed by atoms with Crippen molar-refractivity contribution in [2.24, 2.45) is 5.73 Å². The average Bonchev–Trinajstić information content (AvgIpc) is 2.74. The van der Waals surface area contributed by atoms with E-state index in [2.05, 4.69) is 5.32 Å². The molecular formula is C13H16Cl3N3O2. The molecule has 2 rings (SSSR count). The van der Waals surface area contributed by atoms with Crippen molar-refractivity contribution in [3.63, 3.8) is 0 Å². The Balaban J connectivity index is 0.00000220. The molecule has 1 fully saturated rings. The number of nitrogens with zero attached hydrogens (tertiary/aromatic N) is 1. The second-order valence-electron chi connectivity index (χ2n) is 4.73. The topological polar surface area (TPSA) is 75.4 Å². The predicted octanol–water partition coefficient (Wildman–Crippen LogP) is 1.98. The maximum Gasteiger partial charge on any atom is 0.249 e. The van der Waals surface area contributed by atoms with Crippen LogP contribution in [-0.4, -0.2) is 30.4 Å². The van der Waals surface area contributed by atoms with Crippen molar-refractivity contribution in [3.05, 3.63) is 28.2 Å². The summed E-state index contributed by atoms with van der Waals surface area (Å²) in [6.07, 6.45) is 0.539. The molecule has 0 radical (unpaired) electrons. The fraction of sp³-hybridized carbons (Fsp3) is 0.385. The maximum absolute atomic E-state index is 12.3. The van der Waals surface area contributed by atoms with Crippen molar-refractivity contribution >= 4 is 53.1 Å². The van der Waals surface area contributed by atoms with Crippen LogP contribution in [-0.2, 0) is 9.59 Å². The van der Waals surface area contributed by atoms with Gasteiger partial charge in [-0.2, -0.15) is 0 Å². The van der Waals surface area contributed by atoms with Gasteiger partial charge in [-0.15, -0.1) is 12.4 Å². The number of carbonyl (C=O) groups is 2. The monoisotopic (exact) mass is 351 g/mol. The molecule has 0 aliphatic carbocycles. The van der Waals surface area contributed by atoms with E-state index >= 15 is 0 Å². The predicted molar refractivity (Wildman–Crippen MR) is 86.3 cm³/mol. The summed E-state index contributed by atoms with van der Waals surface area (Å²) in [5.74, 6) is -0.503. The Bertz CT molecular complexity index is 551. The molecule has 1 saturated heterocycles. The van der Waals surface area contributed by atoms with E-state index in [4.69, 9.17) is 28.9 Å². The van der Waals surface area contributed by atoms with Gasteiger partial charge in [-0.1, -0.05) is 23.2 Å². The fourth-order valence-corrected chi connectivity index (χ4v) is 2.32. The molecule has 1 unspecified atom stereocenters. The van der Waals surface area contributed by atoms with Gasteiger partial charge in [-0.25, -0.2) is 0 Å². The third kappa shape index (κ3) is 4.01. The molecule has 1 aromatic carbocycles. The summed E-state index contributed by atoms with van der Waals surface area (Å²) >= 11 is 11.8. The zero-order valence-corrected chi connectivity index (χ0v) is 13.6. The minimum Gasteiger partial charge on any atom is -0.343 e. The first-order valence-corrected chi connectivity index (χ1v) is 6.98. The van der Waals surface area contributed by atoms with Gasteiger partial charge in [0.15, 0.2) is 0 Å². The zero-order valence-electron chi connectivity index (χ0n) is 11.3. The second kappa shape index (κ2) is 7.31. The summed E-state index contributed by atoms with van der Waals surface area (Å²) in [5, 5.41) is 3.46. The SMILES string of the molecule is C[C@@H](N)C(=O)NC1CCN(c2ccc(Cl)c(Cl)c2)C1=O.Cl. The number of rotatable bonds is 3. The number of hydrogen-bond donors (Lipinski definition) is 2. The van der Waals surface area contributed by atoms with E-state index in [1.807, 2.05) is 0 Å². The van der Waals surface area contributed by atoms with Gasteiger partial charge in [-0.3, -0.25) is 9.59 Å². The number of halogens is 3. The Hall–Kier alpha value is -1.01. The Kier molecular flexibility index (Phi) is 6.28. The van der Waals surface area contributed by atoms with Crippen molar-refractivity contribution in [2.45, 2.75) is 25.4 Å². The molecule has 1 heterocycles. The van der Waals surface area contributed by atoms with Crippen molar-refractivity contribution < 1.29 is 9.59 Å². The highest BCUT2D eigenvalue weighted by atomic mass is 35.5. The molecule has 1 aromatic rings. The highest BCUT2D eigenvalue weighted by Crippen LogP contribution is 2.29. The number of nitrogens with one attached hydrogen (secondary N) is 1. The minimum atomic E-state index is -0.637. The second-order valence-corrected chi connectivity index (χ2v) is 5.54. The summed E-state index contributed by atoms with van der Waals surface area (Å²) in [6.45, 7) is 2.09. The summed E-state index contributed by atoms with van der Waals surface area (Å²) in [5.41, 5.74) is 6.14. The van der Waals surface area contributed by atoms with Crippen LogP contribution in [0.1, 0.15) is 13.3 Å². The molecule has 21 heavy (non-hydrogen) atoms. The Morgan fingerprint density at radius 3 is 2.67 bits per heavy atom. The summed E-state index contributed by atoms with van der Waals surface area (Å²) < 4.78 is 0. The maximum atomic E-state index is 12.3. The normalized spacial score (nSPS) is 19.1. The molecule has 8 heteroatoms. The van der Waals surface area contributed by atoms with E-state index in [0.29, 0.717) is 28.7 Å². The van der Waals surface area contributed by atoms with Gasteiger partial charge >= 0.3 is 0 Å². The molecule has 1 aliphatic heterocycles. The number of carbonyl (C=O) groups excluding carboxylic acids is 2. The molecule has 2 atom stereocenters. The van der Waals surface area contributed by atoms with Crippen LogP contribution in [0.25, 0.3) is 0 Å². The Morgan fingerprint density at radius 2 is 2.10 bits per heavy atom. The van der Waals surface area contributed by atoms with E-state index in [1.54, 1.807) is 30.0 Å². The lowest BCUT2D eigenvalue weighted by molar-refractivity contribution is -0.127. The van der Waals surface area contributed by atoms with Gasteiger partial charge in [0.25, 0.3) is 0 Å². The summed E-state index contributed by atoms with van der Waals surface area (Å²) in [7, 11) is 0. The third-order valence-electron chi connectivity index (χ3n) is 3.15. The molecular weight excluding hydrogens is 337 g/mol. The number of anilines is 1. The first-order valence-electron chi connectivity index (χ1n) is 6.22. The van der Waals surface area contributed by atoms with Gasteiger partial charge in [-0.05, 0) is 31.5 Å². The lowest BCUT2D eigenvalue weighted by atomic mass is 10.2. The van der Waals surface area contributed by atoms with Crippen molar-refractivity contribution in [1.29, 1.82) is 0 Å². The van der Waals surface area contributed by atoms with Crippen molar-refractivity contribution in [2.75, 3.05) is 11.4 Å². The first kappa shape index (κ1) is 18.0. The van der Waals surface area contributed by atoms with Crippen LogP contribution in [0.15, 0.2) is 18.2 Å². The molecule has 0 spiro atoms. The van der Waals surface area contributed by atoms with E-state index in [0.717, 1.165) is 0 Å². The standard InChI is InChI=1S/C13H15Cl2N3O2.ClH/c1-7(16)12(19)17-11-4-5-18(13(11)20)8-2-3-9(14)10(15)6-8;/h2-3,6-7,11H,4-5,16H2,1H3,(H,17,19);1H/t7-,11?;/m1./s1. The van der Waals surface area contributed by atoms with Gasteiger partial charge in [0, 0.05) is 12.2 Å². The van der Waals surface area contributed by atoms with Crippen molar-refractivity contribution in [3.8, 4) is 0 Å². The van der Waals surface area contributed by atoms with Crippen LogP contribution in [0.3, 0.4) is 0 Å². The minimum absolute atomic E-state index is 0. The highest BCUT2D eigenvalue weighted by molar-refractivity contribution is 6.42. The molecule has 116 valence electrons. The molecule has 5 nitrogen and oxygen atoms in total. The zero-order chi connectivity index (χ0) is 14.9.